The monoisotopic (exact) mass is 372 g/mol. The Labute approximate surface area is 155 Å². The molecular weight excluding hydrogens is 359 g/mol. The molecule has 0 atom stereocenters. The van der Waals surface area contributed by atoms with Crippen LogP contribution in [-0.2, 0) is 0 Å². The maximum atomic E-state index is 9.32. The Bertz CT molecular complexity index is 895. The molecule has 0 heterocycles. The average Bonchev–Trinajstić information content (AvgIpc) is 2.57. The molecule has 0 aliphatic heterocycles. The highest BCUT2D eigenvalue weighted by Gasteiger charge is 2.16. The predicted octanol–water partition coefficient (Wildman–Crippen LogP) is 4.28. The second-order valence-corrected chi connectivity index (χ2v) is 5.66. The fourth-order valence-electron chi connectivity index (χ4n) is 1.97. The molecule has 126 valence electrons. The Morgan fingerprint density at radius 1 is 1.16 bits per heavy atom. The van der Waals surface area contributed by atoms with Crippen LogP contribution in [0.2, 0.25) is 5.02 Å². The van der Waals surface area contributed by atoms with Crippen molar-refractivity contribution in [2.24, 2.45) is 16.5 Å². The highest BCUT2D eigenvalue weighted by atomic mass is 35.5. The van der Waals surface area contributed by atoms with Gasteiger partial charge in [-0.05, 0) is 24.3 Å². The Morgan fingerprint density at radius 2 is 1.84 bits per heavy atom. The van der Waals surface area contributed by atoms with E-state index in [1.54, 1.807) is 30.3 Å². The number of nitriles is 1. The lowest BCUT2D eigenvalue weighted by atomic mass is 10.0. The minimum atomic E-state index is -0.206. The van der Waals surface area contributed by atoms with Gasteiger partial charge < -0.3 is 16.2 Å². The number of benzene rings is 2. The van der Waals surface area contributed by atoms with Gasteiger partial charge in [0.25, 0.3) is 0 Å². The van der Waals surface area contributed by atoms with Crippen molar-refractivity contribution in [3.63, 3.8) is 0 Å². The van der Waals surface area contributed by atoms with Gasteiger partial charge in [0.1, 0.15) is 34.1 Å². The Hall–Kier alpha value is -2.94. The van der Waals surface area contributed by atoms with Gasteiger partial charge in [-0.15, -0.1) is 0 Å². The SMILES string of the molecule is C=C(N)/N=C(\C(C#N)=C(/N)Cl)c1ccc(Cl)c(Oc2ccccc2)c1. The Balaban J connectivity index is 2.54. The van der Waals surface area contributed by atoms with E-state index in [9.17, 15) is 5.26 Å². The molecule has 0 bridgehead atoms. The smallest absolute Gasteiger partial charge is 0.146 e. The third kappa shape index (κ3) is 4.77. The molecule has 0 saturated heterocycles. The van der Waals surface area contributed by atoms with Gasteiger partial charge in [0.15, 0.2) is 0 Å². The van der Waals surface area contributed by atoms with E-state index in [4.69, 9.17) is 39.4 Å². The van der Waals surface area contributed by atoms with E-state index in [0.717, 1.165) is 0 Å². The Morgan fingerprint density at radius 3 is 2.40 bits per heavy atom. The topological polar surface area (TPSA) is 97.4 Å². The molecule has 0 unspecified atom stereocenters. The largest absolute Gasteiger partial charge is 0.456 e. The van der Waals surface area contributed by atoms with Crippen molar-refractivity contribution in [1.82, 2.24) is 0 Å². The lowest BCUT2D eigenvalue weighted by Crippen LogP contribution is -2.11. The number of aliphatic imine (C=N–C) groups is 1. The fourth-order valence-corrected chi connectivity index (χ4v) is 2.26. The summed E-state index contributed by atoms with van der Waals surface area (Å²) in [5.41, 5.74) is 11.8. The maximum Gasteiger partial charge on any atom is 0.146 e. The molecule has 0 aliphatic carbocycles. The standard InChI is InChI=1S/C18H14Cl2N4O/c1-11(22)24-17(14(10-21)18(20)23)12-7-8-15(19)16(9-12)25-13-5-3-2-4-6-13/h2-9H,1,22-23H2/b18-14-,24-17-. The van der Waals surface area contributed by atoms with Crippen molar-refractivity contribution in [3.05, 3.63) is 82.2 Å². The first-order valence-corrected chi connectivity index (χ1v) is 7.79. The minimum Gasteiger partial charge on any atom is -0.456 e. The summed E-state index contributed by atoms with van der Waals surface area (Å²) in [5.74, 6) is 0.989. The molecule has 5 nitrogen and oxygen atoms in total. The Kier molecular flexibility index (Phi) is 6.07. The molecule has 4 N–H and O–H groups in total. The molecule has 0 aromatic heterocycles. The quantitative estimate of drug-likeness (QED) is 0.464. The summed E-state index contributed by atoms with van der Waals surface area (Å²) in [6, 6.07) is 15.9. The number of rotatable bonds is 5. The third-order valence-electron chi connectivity index (χ3n) is 3.02. The van der Waals surface area contributed by atoms with Crippen LogP contribution >= 0.6 is 23.2 Å². The molecular formula is C18H14Cl2N4O. The lowest BCUT2D eigenvalue weighted by molar-refractivity contribution is 0.483. The van der Waals surface area contributed by atoms with Gasteiger partial charge in [-0.25, -0.2) is 4.99 Å². The van der Waals surface area contributed by atoms with Crippen LogP contribution in [-0.4, -0.2) is 5.71 Å². The molecule has 0 spiro atoms. The molecule has 0 radical (unpaired) electrons. The summed E-state index contributed by atoms with van der Waals surface area (Å²) >= 11 is 12.0. The third-order valence-corrected chi connectivity index (χ3v) is 3.52. The first-order chi connectivity index (χ1) is 11.9. The number of nitrogens with zero attached hydrogens (tertiary/aromatic N) is 2. The molecule has 7 heteroatoms. The van der Waals surface area contributed by atoms with Crippen LogP contribution in [0.1, 0.15) is 5.56 Å². The second-order valence-electron chi connectivity index (χ2n) is 4.85. The number of halogens is 2. The number of para-hydroxylation sites is 1. The van der Waals surface area contributed by atoms with Crippen molar-refractivity contribution < 1.29 is 4.74 Å². The van der Waals surface area contributed by atoms with E-state index < -0.39 is 0 Å². The average molecular weight is 373 g/mol. The molecule has 0 fully saturated rings. The molecule has 2 aromatic rings. The summed E-state index contributed by atoms with van der Waals surface area (Å²) in [4.78, 5) is 4.07. The van der Waals surface area contributed by atoms with Gasteiger partial charge in [0.05, 0.1) is 10.7 Å². The normalized spacial score (nSPS) is 12.1. The van der Waals surface area contributed by atoms with E-state index in [2.05, 4.69) is 11.6 Å². The summed E-state index contributed by atoms with van der Waals surface area (Å²) in [7, 11) is 0. The van der Waals surface area contributed by atoms with Crippen LogP contribution in [0.15, 0.2) is 76.7 Å². The van der Waals surface area contributed by atoms with E-state index in [-0.39, 0.29) is 22.3 Å². The summed E-state index contributed by atoms with van der Waals surface area (Å²) in [6.45, 7) is 3.52. The summed E-state index contributed by atoms with van der Waals surface area (Å²) < 4.78 is 5.77. The van der Waals surface area contributed by atoms with Crippen molar-refractivity contribution in [2.45, 2.75) is 0 Å². The lowest BCUT2D eigenvalue weighted by Gasteiger charge is -2.11. The zero-order valence-electron chi connectivity index (χ0n) is 13.0. The molecule has 0 amide bonds. The van der Waals surface area contributed by atoms with Gasteiger partial charge in [0, 0.05) is 5.56 Å². The number of hydrogen-bond acceptors (Lipinski definition) is 5. The number of nitrogens with two attached hydrogens (primary N) is 2. The fraction of sp³-hybridized carbons (Fsp3) is 0. The summed E-state index contributed by atoms with van der Waals surface area (Å²) in [6.07, 6.45) is 0. The van der Waals surface area contributed by atoms with Crippen LogP contribution < -0.4 is 16.2 Å². The zero-order valence-corrected chi connectivity index (χ0v) is 14.6. The van der Waals surface area contributed by atoms with Gasteiger partial charge in [-0.1, -0.05) is 54.0 Å². The van der Waals surface area contributed by atoms with Crippen LogP contribution in [0, 0.1) is 11.3 Å². The van der Waals surface area contributed by atoms with Gasteiger partial charge in [-0.2, -0.15) is 5.26 Å². The van der Waals surface area contributed by atoms with Gasteiger partial charge >= 0.3 is 0 Å². The molecule has 0 saturated carbocycles. The van der Waals surface area contributed by atoms with Crippen LogP contribution in [0.4, 0.5) is 0 Å². The van der Waals surface area contributed by atoms with Gasteiger partial charge in [-0.3, -0.25) is 0 Å². The van der Waals surface area contributed by atoms with E-state index in [1.165, 1.54) is 0 Å². The highest BCUT2D eigenvalue weighted by molar-refractivity contribution is 6.34. The first-order valence-electron chi connectivity index (χ1n) is 7.04. The molecule has 2 rings (SSSR count). The van der Waals surface area contributed by atoms with E-state index >= 15 is 0 Å². The maximum absolute atomic E-state index is 9.32. The first kappa shape index (κ1) is 18.4. The van der Waals surface area contributed by atoms with E-state index in [0.29, 0.717) is 22.1 Å². The summed E-state index contributed by atoms with van der Waals surface area (Å²) in [5, 5.41) is 9.50. The molecule has 25 heavy (non-hydrogen) atoms. The van der Waals surface area contributed by atoms with Crippen molar-refractivity contribution >= 4 is 28.9 Å². The minimum absolute atomic E-state index is 0.00106. The predicted molar refractivity (Wildman–Crippen MR) is 101 cm³/mol. The van der Waals surface area contributed by atoms with Crippen molar-refractivity contribution in [1.29, 1.82) is 5.26 Å². The van der Waals surface area contributed by atoms with Gasteiger partial charge in [0.2, 0.25) is 0 Å². The second kappa shape index (κ2) is 8.25. The van der Waals surface area contributed by atoms with Crippen molar-refractivity contribution in [3.8, 4) is 17.6 Å². The van der Waals surface area contributed by atoms with Crippen LogP contribution in [0.3, 0.4) is 0 Å². The molecule has 0 aliphatic rings. The van der Waals surface area contributed by atoms with Crippen LogP contribution in [0.5, 0.6) is 11.5 Å². The van der Waals surface area contributed by atoms with Crippen molar-refractivity contribution in [2.75, 3.05) is 0 Å². The number of ether oxygens (including phenoxy) is 1. The number of allylic oxidation sites excluding steroid dienone is 1. The number of hydrogen-bond donors (Lipinski definition) is 2. The molecule has 2 aromatic carbocycles. The highest BCUT2D eigenvalue weighted by Crippen LogP contribution is 2.31. The van der Waals surface area contributed by atoms with Crippen LogP contribution in [0.25, 0.3) is 0 Å². The zero-order chi connectivity index (χ0) is 18.4. The van der Waals surface area contributed by atoms with E-state index in [1.807, 2.05) is 24.3 Å².